The molecule has 1 unspecified atom stereocenters. The van der Waals surface area contributed by atoms with Gasteiger partial charge in [0.2, 0.25) is 5.91 Å². The Hall–Kier alpha value is -1.37. The van der Waals surface area contributed by atoms with Crippen LogP contribution in [0, 0.1) is 0 Å². The van der Waals surface area contributed by atoms with E-state index in [1.165, 1.54) is 11.0 Å². The van der Waals surface area contributed by atoms with Gasteiger partial charge in [0.25, 0.3) is 0 Å². The van der Waals surface area contributed by atoms with Gasteiger partial charge in [0.05, 0.1) is 5.69 Å². The van der Waals surface area contributed by atoms with E-state index >= 15 is 0 Å². The predicted octanol–water partition coefficient (Wildman–Crippen LogP) is 2.66. The number of halogens is 3. The second-order valence-electron chi connectivity index (χ2n) is 4.23. The second kappa shape index (κ2) is 5.32. The largest absolute Gasteiger partial charge is 0.482 e. The van der Waals surface area contributed by atoms with Crippen LogP contribution >= 0.6 is 12.6 Å². The Morgan fingerprint density at radius 3 is 2.63 bits per heavy atom. The number of anilines is 1. The summed E-state index contributed by atoms with van der Waals surface area (Å²) in [5.41, 5.74) is 0.355. The van der Waals surface area contributed by atoms with E-state index in [2.05, 4.69) is 12.6 Å². The minimum atomic E-state index is -4.41. The van der Waals surface area contributed by atoms with E-state index in [0.717, 1.165) is 0 Å². The van der Waals surface area contributed by atoms with Gasteiger partial charge in [-0.05, 0) is 12.1 Å². The Balaban J connectivity index is 2.19. The summed E-state index contributed by atoms with van der Waals surface area (Å²) in [5.74, 6) is -0.112. The molecule has 1 heterocycles. The van der Waals surface area contributed by atoms with Gasteiger partial charge in [-0.2, -0.15) is 25.8 Å². The van der Waals surface area contributed by atoms with Crippen molar-refractivity contribution in [3.63, 3.8) is 0 Å². The molecule has 0 N–H and O–H groups in total. The second-order valence-corrected chi connectivity index (χ2v) is 4.96. The number of thiol groups is 1. The Kier molecular flexibility index (Phi) is 3.93. The van der Waals surface area contributed by atoms with E-state index in [4.69, 9.17) is 4.74 Å². The van der Waals surface area contributed by atoms with Crippen molar-refractivity contribution in [2.75, 3.05) is 18.1 Å². The van der Waals surface area contributed by atoms with E-state index in [9.17, 15) is 18.0 Å². The van der Waals surface area contributed by atoms with Crippen molar-refractivity contribution in [2.45, 2.75) is 17.8 Å². The topological polar surface area (TPSA) is 29.5 Å². The van der Waals surface area contributed by atoms with E-state index < -0.39 is 12.8 Å². The molecule has 19 heavy (non-hydrogen) atoms. The van der Waals surface area contributed by atoms with Crippen LogP contribution in [0.3, 0.4) is 0 Å². The number of carbonyl (C=O) groups excluding carboxylic acids is 1. The quantitative estimate of drug-likeness (QED) is 0.868. The normalized spacial score (nSPS) is 19.9. The molecule has 104 valence electrons. The van der Waals surface area contributed by atoms with Gasteiger partial charge in [-0.25, -0.2) is 0 Å². The Morgan fingerprint density at radius 1 is 1.37 bits per heavy atom. The van der Waals surface area contributed by atoms with Crippen LogP contribution in [0.15, 0.2) is 24.3 Å². The molecule has 7 heteroatoms. The van der Waals surface area contributed by atoms with Crippen molar-refractivity contribution in [1.29, 1.82) is 0 Å². The first-order valence-corrected chi connectivity index (χ1v) is 6.15. The Labute approximate surface area is 113 Å². The summed E-state index contributed by atoms with van der Waals surface area (Å²) < 4.78 is 41.3. The van der Waals surface area contributed by atoms with Crippen molar-refractivity contribution in [3.8, 4) is 5.75 Å². The predicted molar refractivity (Wildman–Crippen MR) is 67.7 cm³/mol. The monoisotopic (exact) mass is 291 g/mol. The summed E-state index contributed by atoms with van der Waals surface area (Å²) in [6.07, 6.45) is -4.13. The summed E-state index contributed by atoms with van der Waals surface area (Å²) in [4.78, 5) is 13.1. The molecule has 0 radical (unpaired) electrons. The molecule has 3 nitrogen and oxygen atoms in total. The van der Waals surface area contributed by atoms with Gasteiger partial charge in [0, 0.05) is 18.2 Å². The molecule has 0 bridgehead atoms. The number of para-hydroxylation sites is 2. The first-order chi connectivity index (χ1) is 8.87. The highest BCUT2D eigenvalue weighted by Gasteiger charge is 2.32. The molecular formula is C12H12F3NO2S. The van der Waals surface area contributed by atoms with Crippen molar-refractivity contribution < 1.29 is 22.7 Å². The summed E-state index contributed by atoms with van der Waals surface area (Å²) in [6.45, 7) is -1.01. The molecule has 0 aromatic heterocycles. The molecule has 2 rings (SSSR count). The van der Waals surface area contributed by atoms with Gasteiger partial charge < -0.3 is 9.64 Å². The lowest BCUT2D eigenvalue weighted by Crippen LogP contribution is -2.26. The van der Waals surface area contributed by atoms with Crippen LogP contribution in [0.5, 0.6) is 5.75 Å². The number of nitrogens with zero attached hydrogens (tertiary/aromatic N) is 1. The van der Waals surface area contributed by atoms with E-state index in [0.29, 0.717) is 12.2 Å². The molecule has 1 atom stereocenters. The SMILES string of the molecule is O=C1CC(S)CN1c1ccccc1OCC(F)(F)F. The third-order valence-corrected chi connectivity index (χ3v) is 3.00. The summed E-state index contributed by atoms with van der Waals surface area (Å²) in [5, 5.41) is -0.108. The summed E-state index contributed by atoms with van der Waals surface area (Å²) >= 11 is 4.21. The molecule has 1 fully saturated rings. The first-order valence-electron chi connectivity index (χ1n) is 5.64. The van der Waals surface area contributed by atoms with Gasteiger partial charge in [-0.3, -0.25) is 4.79 Å². The third kappa shape index (κ3) is 3.56. The van der Waals surface area contributed by atoms with Crippen molar-refractivity contribution in [1.82, 2.24) is 0 Å². The summed E-state index contributed by atoms with van der Waals surface area (Å²) in [6, 6.07) is 6.19. The number of hydrogen-bond acceptors (Lipinski definition) is 3. The number of ether oxygens (including phenoxy) is 1. The number of carbonyl (C=O) groups is 1. The molecule has 1 saturated heterocycles. The Morgan fingerprint density at radius 2 is 2.05 bits per heavy atom. The minimum absolute atomic E-state index is 0.0515. The van der Waals surface area contributed by atoms with Crippen molar-refractivity contribution in [2.24, 2.45) is 0 Å². The molecule has 0 aliphatic carbocycles. The zero-order valence-electron chi connectivity index (χ0n) is 9.85. The average molecular weight is 291 g/mol. The van der Waals surface area contributed by atoms with Crippen molar-refractivity contribution >= 4 is 24.2 Å². The zero-order valence-corrected chi connectivity index (χ0v) is 10.7. The maximum atomic E-state index is 12.2. The van der Waals surface area contributed by atoms with Gasteiger partial charge >= 0.3 is 6.18 Å². The van der Waals surface area contributed by atoms with Crippen LogP contribution in [0.2, 0.25) is 0 Å². The van der Waals surface area contributed by atoms with Gasteiger partial charge in [-0.1, -0.05) is 12.1 Å². The highest BCUT2D eigenvalue weighted by Crippen LogP contribution is 2.33. The maximum absolute atomic E-state index is 12.2. The third-order valence-electron chi connectivity index (χ3n) is 2.65. The standard InChI is InChI=1S/C12H12F3NO2S/c13-12(14,15)7-18-10-4-2-1-3-9(10)16-6-8(19)5-11(16)17/h1-4,8,19H,5-7H2. The smallest absolute Gasteiger partial charge is 0.422 e. The highest BCUT2D eigenvalue weighted by molar-refractivity contribution is 7.81. The number of rotatable bonds is 3. The number of benzene rings is 1. The lowest BCUT2D eigenvalue weighted by atomic mass is 10.2. The van der Waals surface area contributed by atoms with Gasteiger partial charge in [0.1, 0.15) is 5.75 Å². The molecule has 1 aliphatic rings. The molecule has 1 aromatic rings. The van der Waals surface area contributed by atoms with Crippen LogP contribution < -0.4 is 9.64 Å². The fourth-order valence-corrected chi connectivity index (χ4v) is 2.20. The van der Waals surface area contributed by atoms with Gasteiger partial charge in [0.15, 0.2) is 6.61 Å². The van der Waals surface area contributed by atoms with Crippen LogP contribution in [-0.4, -0.2) is 30.5 Å². The van der Waals surface area contributed by atoms with Crippen molar-refractivity contribution in [3.05, 3.63) is 24.3 Å². The van der Waals surface area contributed by atoms with E-state index in [-0.39, 0.29) is 23.3 Å². The number of amides is 1. The van der Waals surface area contributed by atoms with Crippen LogP contribution in [-0.2, 0) is 4.79 Å². The van der Waals surface area contributed by atoms with Gasteiger partial charge in [-0.15, -0.1) is 0 Å². The lowest BCUT2D eigenvalue weighted by Gasteiger charge is -2.20. The van der Waals surface area contributed by atoms with E-state index in [1.807, 2.05) is 0 Å². The highest BCUT2D eigenvalue weighted by atomic mass is 32.1. The summed E-state index contributed by atoms with van der Waals surface area (Å²) in [7, 11) is 0. The van der Waals surface area contributed by atoms with E-state index in [1.54, 1.807) is 18.2 Å². The van der Waals surface area contributed by atoms with Crippen LogP contribution in [0.1, 0.15) is 6.42 Å². The number of alkyl halides is 3. The fraction of sp³-hybridized carbons (Fsp3) is 0.417. The molecule has 0 saturated carbocycles. The fourth-order valence-electron chi connectivity index (χ4n) is 1.88. The minimum Gasteiger partial charge on any atom is -0.482 e. The molecular weight excluding hydrogens is 279 g/mol. The lowest BCUT2D eigenvalue weighted by molar-refractivity contribution is -0.153. The molecule has 1 aliphatic heterocycles. The maximum Gasteiger partial charge on any atom is 0.422 e. The Bertz CT molecular complexity index is 478. The van der Waals surface area contributed by atoms with Crippen LogP contribution in [0.4, 0.5) is 18.9 Å². The molecule has 1 aromatic carbocycles. The molecule has 0 spiro atoms. The zero-order chi connectivity index (χ0) is 14.0. The molecule has 1 amide bonds. The average Bonchev–Trinajstić information content (AvgIpc) is 2.65. The number of hydrogen-bond donors (Lipinski definition) is 1. The van der Waals surface area contributed by atoms with Crippen LogP contribution in [0.25, 0.3) is 0 Å². The first kappa shape index (κ1) is 14.0.